The molecule has 0 aliphatic carbocycles. The van der Waals surface area contributed by atoms with Crippen LogP contribution in [0.4, 0.5) is 0 Å². The number of hydrogen-bond acceptors (Lipinski definition) is 2. The Morgan fingerprint density at radius 3 is 2.75 bits per heavy atom. The van der Waals surface area contributed by atoms with Gasteiger partial charge in [-0.25, -0.2) is 0 Å². The molecule has 2 rings (SSSR count). The highest BCUT2D eigenvalue weighted by molar-refractivity contribution is 5.79. The van der Waals surface area contributed by atoms with Crippen LogP contribution >= 0.6 is 0 Å². The Labute approximate surface area is 145 Å². The number of amides is 2. The molecular weight excluding hydrogens is 300 g/mol. The number of rotatable bonds is 7. The van der Waals surface area contributed by atoms with E-state index in [0.29, 0.717) is 13.0 Å². The smallest absolute Gasteiger partial charge is 0.222 e. The van der Waals surface area contributed by atoms with E-state index in [-0.39, 0.29) is 23.9 Å². The summed E-state index contributed by atoms with van der Waals surface area (Å²) in [5.74, 6) is 0.0743. The molecule has 0 spiro atoms. The van der Waals surface area contributed by atoms with Crippen molar-refractivity contribution in [3.05, 3.63) is 35.4 Å². The molecule has 0 saturated heterocycles. The standard InChI is InChI=1S/C20H30N2O2/c1-4-5-6-9-15(2)21-20(24)14-19-18-11-8-7-10-17(18)12-13-22(19)16(3)23/h7-8,10-11,15,19H,4-6,9,12-14H2,1-3H3,(H,21,24). The minimum Gasteiger partial charge on any atom is -0.354 e. The van der Waals surface area contributed by atoms with Crippen molar-refractivity contribution in [2.75, 3.05) is 6.54 Å². The molecule has 2 atom stereocenters. The SMILES string of the molecule is CCCCCC(C)NC(=O)CC1c2ccccc2CCN1C(C)=O. The highest BCUT2D eigenvalue weighted by Crippen LogP contribution is 2.32. The lowest BCUT2D eigenvalue weighted by Gasteiger charge is -2.36. The number of fused-ring (bicyclic) bond motifs is 1. The minimum absolute atomic E-state index is 0.0342. The molecule has 132 valence electrons. The topological polar surface area (TPSA) is 49.4 Å². The number of carbonyl (C=O) groups is 2. The van der Waals surface area contributed by atoms with E-state index in [1.807, 2.05) is 23.1 Å². The van der Waals surface area contributed by atoms with Gasteiger partial charge in [0.15, 0.2) is 0 Å². The van der Waals surface area contributed by atoms with Gasteiger partial charge in [-0.15, -0.1) is 0 Å². The molecule has 1 heterocycles. The molecule has 0 saturated carbocycles. The van der Waals surface area contributed by atoms with E-state index >= 15 is 0 Å². The third kappa shape index (κ3) is 4.83. The first-order valence-corrected chi connectivity index (χ1v) is 9.17. The lowest BCUT2D eigenvalue weighted by Crippen LogP contribution is -2.42. The Balaban J connectivity index is 2.02. The van der Waals surface area contributed by atoms with Crippen molar-refractivity contribution in [1.29, 1.82) is 0 Å². The molecule has 1 aliphatic heterocycles. The molecule has 0 bridgehead atoms. The van der Waals surface area contributed by atoms with Crippen LogP contribution in [0.25, 0.3) is 0 Å². The fourth-order valence-electron chi connectivity index (χ4n) is 3.53. The maximum atomic E-state index is 12.5. The second-order valence-electron chi connectivity index (χ2n) is 6.85. The molecule has 1 aromatic carbocycles. The maximum Gasteiger partial charge on any atom is 0.222 e. The van der Waals surface area contributed by atoms with Gasteiger partial charge in [0, 0.05) is 19.5 Å². The van der Waals surface area contributed by atoms with Crippen LogP contribution in [0.1, 0.15) is 70.0 Å². The van der Waals surface area contributed by atoms with Crippen molar-refractivity contribution < 1.29 is 9.59 Å². The molecule has 2 unspecified atom stereocenters. The summed E-state index contributed by atoms with van der Waals surface area (Å²) in [7, 11) is 0. The summed E-state index contributed by atoms with van der Waals surface area (Å²) < 4.78 is 0. The monoisotopic (exact) mass is 330 g/mol. The van der Waals surface area contributed by atoms with E-state index in [1.54, 1.807) is 6.92 Å². The van der Waals surface area contributed by atoms with Crippen LogP contribution in [0, 0.1) is 0 Å². The Bertz CT molecular complexity index is 571. The molecule has 24 heavy (non-hydrogen) atoms. The molecule has 1 aromatic rings. The minimum atomic E-state index is -0.143. The van der Waals surface area contributed by atoms with Gasteiger partial charge < -0.3 is 10.2 Å². The molecule has 4 nitrogen and oxygen atoms in total. The van der Waals surface area contributed by atoms with Crippen LogP contribution in [-0.4, -0.2) is 29.3 Å². The number of unbranched alkanes of at least 4 members (excludes halogenated alkanes) is 2. The predicted octanol–water partition coefficient (Wildman–Crippen LogP) is 3.61. The quantitative estimate of drug-likeness (QED) is 0.777. The van der Waals surface area contributed by atoms with Crippen LogP contribution in [0.2, 0.25) is 0 Å². The first-order valence-electron chi connectivity index (χ1n) is 9.17. The van der Waals surface area contributed by atoms with Crippen molar-refractivity contribution in [3.8, 4) is 0 Å². The first kappa shape index (κ1) is 18.5. The van der Waals surface area contributed by atoms with Gasteiger partial charge in [0.2, 0.25) is 11.8 Å². The third-order valence-electron chi connectivity index (χ3n) is 4.84. The first-order chi connectivity index (χ1) is 11.5. The van der Waals surface area contributed by atoms with Crippen LogP contribution in [0.3, 0.4) is 0 Å². The molecule has 0 aromatic heterocycles. The highest BCUT2D eigenvalue weighted by Gasteiger charge is 2.30. The molecule has 4 heteroatoms. The van der Waals surface area contributed by atoms with Gasteiger partial charge in [-0.3, -0.25) is 9.59 Å². The summed E-state index contributed by atoms with van der Waals surface area (Å²) in [6.07, 6.45) is 5.75. The maximum absolute atomic E-state index is 12.5. The summed E-state index contributed by atoms with van der Waals surface area (Å²) in [4.78, 5) is 26.3. The summed E-state index contributed by atoms with van der Waals surface area (Å²) in [5, 5.41) is 3.10. The Hall–Kier alpha value is -1.84. The summed E-state index contributed by atoms with van der Waals surface area (Å²) in [6.45, 7) is 6.52. The van der Waals surface area contributed by atoms with E-state index in [9.17, 15) is 9.59 Å². The number of benzene rings is 1. The average Bonchev–Trinajstić information content (AvgIpc) is 2.55. The number of hydrogen-bond donors (Lipinski definition) is 1. The van der Waals surface area contributed by atoms with Crippen molar-refractivity contribution in [1.82, 2.24) is 10.2 Å². The summed E-state index contributed by atoms with van der Waals surface area (Å²) >= 11 is 0. The second-order valence-corrected chi connectivity index (χ2v) is 6.85. The van der Waals surface area contributed by atoms with E-state index in [2.05, 4.69) is 25.2 Å². The molecule has 2 amide bonds. The van der Waals surface area contributed by atoms with Crippen LogP contribution in [0.5, 0.6) is 0 Å². The van der Waals surface area contributed by atoms with Gasteiger partial charge in [-0.1, -0.05) is 50.5 Å². The van der Waals surface area contributed by atoms with Crippen molar-refractivity contribution in [2.24, 2.45) is 0 Å². The van der Waals surface area contributed by atoms with Gasteiger partial charge in [0.25, 0.3) is 0 Å². The van der Waals surface area contributed by atoms with E-state index in [0.717, 1.165) is 24.8 Å². The second kappa shape index (κ2) is 8.86. The Kier molecular flexibility index (Phi) is 6.83. The largest absolute Gasteiger partial charge is 0.354 e. The Morgan fingerprint density at radius 2 is 2.04 bits per heavy atom. The number of nitrogens with zero attached hydrogens (tertiary/aromatic N) is 1. The van der Waals surface area contributed by atoms with Crippen molar-refractivity contribution >= 4 is 11.8 Å². The van der Waals surface area contributed by atoms with Crippen molar-refractivity contribution in [3.63, 3.8) is 0 Å². The van der Waals surface area contributed by atoms with Gasteiger partial charge in [-0.05, 0) is 30.9 Å². The molecule has 0 fully saturated rings. The van der Waals surface area contributed by atoms with Gasteiger partial charge in [0.1, 0.15) is 0 Å². The Morgan fingerprint density at radius 1 is 1.29 bits per heavy atom. The summed E-state index contributed by atoms with van der Waals surface area (Å²) in [6, 6.07) is 8.21. The number of carbonyl (C=O) groups excluding carboxylic acids is 2. The molecular formula is C20H30N2O2. The van der Waals surface area contributed by atoms with Crippen LogP contribution in [-0.2, 0) is 16.0 Å². The van der Waals surface area contributed by atoms with Crippen LogP contribution in [0.15, 0.2) is 24.3 Å². The zero-order chi connectivity index (χ0) is 17.5. The lowest BCUT2D eigenvalue weighted by atomic mass is 9.90. The molecule has 1 N–H and O–H groups in total. The predicted molar refractivity (Wildman–Crippen MR) is 96.6 cm³/mol. The normalized spacial score (nSPS) is 18.0. The van der Waals surface area contributed by atoms with Gasteiger partial charge in [0.05, 0.1) is 12.5 Å². The fraction of sp³-hybridized carbons (Fsp3) is 0.600. The zero-order valence-electron chi connectivity index (χ0n) is 15.2. The van der Waals surface area contributed by atoms with Gasteiger partial charge >= 0.3 is 0 Å². The number of nitrogens with one attached hydrogen (secondary N) is 1. The lowest BCUT2D eigenvalue weighted by molar-refractivity contribution is -0.133. The van der Waals surface area contributed by atoms with E-state index in [1.165, 1.54) is 18.4 Å². The summed E-state index contributed by atoms with van der Waals surface area (Å²) in [5.41, 5.74) is 2.37. The molecule has 1 aliphatic rings. The van der Waals surface area contributed by atoms with E-state index in [4.69, 9.17) is 0 Å². The zero-order valence-corrected chi connectivity index (χ0v) is 15.2. The third-order valence-corrected chi connectivity index (χ3v) is 4.84. The fourth-order valence-corrected chi connectivity index (χ4v) is 3.53. The molecule has 0 radical (unpaired) electrons. The van der Waals surface area contributed by atoms with Crippen molar-refractivity contribution in [2.45, 2.75) is 71.4 Å². The van der Waals surface area contributed by atoms with Gasteiger partial charge in [-0.2, -0.15) is 0 Å². The highest BCUT2D eigenvalue weighted by atomic mass is 16.2. The van der Waals surface area contributed by atoms with E-state index < -0.39 is 0 Å². The van der Waals surface area contributed by atoms with Crippen LogP contribution < -0.4 is 5.32 Å². The average molecular weight is 330 g/mol.